The van der Waals surface area contributed by atoms with Crippen LogP contribution < -0.4 is 10.6 Å². The van der Waals surface area contributed by atoms with Gasteiger partial charge < -0.3 is 15.5 Å². The van der Waals surface area contributed by atoms with Crippen molar-refractivity contribution < 1.29 is 14.4 Å². The number of hydrogen-bond donors (Lipinski definition) is 2. The van der Waals surface area contributed by atoms with E-state index in [1.54, 1.807) is 24.3 Å². The van der Waals surface area contributed by atoms with Crippen LogP contribution in [0.2, 0.25) is 0 Å². The molecular formula is C17H25N3O3. The van der Waals surface area contributed by atoms with Crippen LogP contribution in [-0.4, -0.2) is 48.3 Å². The average Bonchev–Trinajstić information content (AvgIpc) is 2.52. The molecule has 0 spiro atoms. The van der Waals surface area contributed by atoms with E-state index in [-0.39, 0.29) is 43.3 Å². The Hall–Kier alpha value is -2.37. The van der Waals surface area contributed by atoms with Crippen LogP contribution in [0.15, 0.2) is 30.3 Å². The summed E-state index contributed by atoms with van der Waals surface area (Å²) in [5.74, 6) is -0.540. The molecule has 0 radical (unpaired) electrons. The fourth-order valence-corrected chi connectivity index (χ4v) is 2.05. The number of amides is 3. The third kappa shape index (κ3) is 6.95. The Labute approximate surface area is 137 Å². The van der Waals surface area contributed by atoms with Crippen LogP contribution >= 0.6 is 0 Å². The van der Waals surface area contributed by atoms with Crippen molar-refractivity contribution in [2.75, 3.05) is 19.6 Å². The number of rotatable bonds is 8. The van der Waals surface area contributed by atoms with Crippen molar-refractivity contribution in [3.8, 4) is 0 Å². The molecule has 0 unspecified atom stereocenters. The summed E-state index contributed by atoms with van der Waals surface area (Å²) in [4.78, 5) is 37.2. The quantitative estimate of drug-likeness (QED) is 0.755. The zero-order valence-corrected chi connectivity index (χ0v) is 14.0. The lowest BCUT2D eigenvalue weighted by Crippen LogP contribution is -2.43. The lowest BCUT2D eigenvalue weighted by molar-refractivity contribution is -0.135. The molecule has 0 heterocycles. The predicted octanol–water partition coefficient (Wildman–Crippen LogP) is 1.18. The normalized spacial score (nSPS) is 10.3. The molecule has 1 aromatic rings. The van der Waals surface area contributed by atoms with Crippen molar-refractivity contribution in [1.29, 1.82) is 0 Å². The fraction of sp³-hybridized carbons (Fsp3) is 0.471. The van der Waals surface area contributed by atoms with Crippen LogP contribution in [0.5, 0.6) is 0 Å². The van der Waals surface area contributed by atoms with Crippen molar-refractivity contribution in [3.63, 3.8) is 0 Å². The first-order valence-electron chi connectivity index (χ1n) is 7.84. The second kappa shape index (κ2) is 9.61. The number of likely N-dealkylation sites (N-methyl/N-ethyl adjacent to an activating group) is 1. The van der Waals surface area contributed by atoms with Crippen molar-refractivity contribution >= 4 is 17.7 Å². The molecule has 2 N–H and O–H groups in total. The van der Waals surface area contributed by atoms with E-state index in [2.05, 4.69) is 10.6 Å². The Morgan fingerprint density at radius 2 is 1.78 bits per heavy atom. The van der Waals surface area contributed by atoms with E-state index in [0.717, 1.165) is 0 Å². The number of nitrogens with one attached hydrogen (secondary N) is 2. The second-order valence-corrected chi connectivity index (χ2v) is 5.50. The zero-order chi connectivity index (χ0) is 17.2. The summed E-state index contributed by atoms with van der Waals surface area (Å²) in [6, 6.07) is 8.87. The smallest absolute Gasteiger partial charge is 0.251 e. The minimum Gasteiger partial charge on any atom is -0.352 e. The maximum atomic E-state index is 12.1. The summed E-state index contributed by atoms with van der Waals surface area (Å²) in [7, 11) is 0. The summed E-state index contributed by atoms with van der Waals surface area (Å²) >= 11 is 0. The lowest BCUT2D eigenvalue weighted by Gasteiger charge is -2.21. The molecule has 0 saturated carbocycles. The van der Waals surface area contributed by atoms with Gasteiger partial charge in [0.2, 0.25) is 11.8 Å². The summed E-state index contributed by atoms with van der Waals surface area (Å²) < 4.78 is 0. The van der Waals surface area contributed by atoms with E-state index in [1.165, 1.54) is 4.90 Å². The van der Waals surface area contributed by atoms with Gasteiger partial charge in [-0.15, -0.1) is 0 Å². The fourth-order valence-electron chi connectivity index (χ4n) is 2.05. The number of carbonyl (C=O) groups is 3. The molecule has 126 valence electrons. The van der Waals surface area contributed by atoms with E-state index in [0.29, 0.717) is 12.1 Å². The van der Waals surface area contributed by atoms with Gasteiger partial charge >= 0.3 is 0 Å². The second-order valence-electron chi connectivity index (χ2n) is 5.50. The van der Waals surface area contributed by atoms with Gasteiger partial charge in [-0.05, 0) is 32.9 Å². The van der Waals surface area contributed by atoms with Crippen LogP contribution in [0, 0.1) is 0 Å². The van der Waals surface area contributed by atoms with Gasteiger partial charge in [-0.25, -0.2) is 0 Å². The summed E-state index contributed by atoms with van der Waals surface area (Å²) in [6.45, 7) is 6.30. The Bertz CT molecular complexity index is 529. The highest BCUT2D eigenvalue weighted by atomic mass is 16.2. The monoisotopic (exact) mass is 319 g/mol. The molecular weight excluding hydrogens is 294 g/mol. The summed E-state index contributed by atoms with van der Waals surface area (Å²) in [5.41, 5.74) is 0.559. The first-order valence-corrected chi connectivity index (χ1v) is 7.84. The molecule has 1 rings (SSSR count). The maximum absolute atomic E-state index is 12.1. The highest BCUT2D eigenvalue weighted by molar-refractivity contribution is 5.94. The highest BCUT2D eigenvalue weighted by Gasteiger charge is 2.16. The van der Waals surface area contributed by atoms with Crippen LogP contribution in [0.3, 0.4) is 0 Å². The Morgan fingerprint density at radius 3 is 2.35 bits per heavy atom. The van der Waals surface area contributed by atoms with Crippen molar-refractivity contribution in [2.45, 2.75) is 33.2 Å². The van der Waals surface area contributed by atoms with Crippen LogP contribution in [0.1, 0.15) is 37.6 Å². The van der Waals surface area contributed by atoms with Crippen LogP contribution in [0.25, 0.3) is 0 Å². The Balaban J connectivity index is 2.39. The topological polar surface area (TPSA) is 78.5 Å². The van der Waals surface area contributed by atoms with Gasteiger partial charge in [-0.1, -0.05) is 18.2 Å². The van der Waals surface area contributed by atoms with E-state index < -0.39 is 0 Å². The van der Waals surface area contributed by atoms with Crippen molar-refractivity contribution in [2.24, 2.45) is 0 Å². The Kier molecular flexibility index (Phi) is 7.80. The molecule has 6 nitrogen and oxygen atoms in total. The molecule has 0 aliphatic heterocycles. The van der Waals surface area contributed by atoms with E-state index in [1.807, 2.05) is 26.8 Å². The van der Waals surface area contributed by atoms with Crippen LogP contribution in [-0.2, 0) is 9.59 Å². The van der Waals surface area contributed by atoms with Gasteiger partial charge in [0, 0.05) is 31.1 Å². The first kappa shape index (κ1) is 18.7. The maximum Gasteiger partial charge on any atom is 0.251 e. The standard InChI is InChI=1S/C17H25N3O3/c1-4-20(12-15(21)19-13(2)3)16(22)10-11-18-17(23)14-8-6-5-7-9-14/h5-9,13H,4,10-12H2,1-3H3,(H,18,23)(H,19,21). The van der Waals surface area contributed by atoms with Gasteiger partial charge in [0.1, 0.15) is 0 Å². The summed E-state index contributed by atoms with van der Waals surface area (Å²) in [5, 5.41) is 5.46. The lowest BCUT2D eigenvalue weighted by atomic mass is 10.2. The zero-order valence-electron chi connectivity index (χ0n) is 14.0. The van der Waals surface area contributed by atoms with Gasteiger partial charge in [0.15, 0.2) is 0 Å². The van der Waals surface area contributed by atoms with E-state index in [4.69, 9.17) is 0 Å². The first-order chi connectivity index (χ1) is 10.9. The number of nitrogens with zero attached hydrogens (tertiary/aromatic N) is 1. The molecule has 0 aliphatic carbocycles. The van der Waals surface area contributed by atoms with Gasteiger partial charge in [0.05, 0.1) is 6.54 Å². The number of hydrogen-bond acceptors (Lipinski definition) is 3. The third-order valence-corrected chi connectivity index (χ3v) is 3.18. The minimum atomic E-state index is -0.209. The SMILES string of the molecule is CCN(CC(=O)NC(C)C)C(=O)CCNC(=O)c1ccccc1. The van der Waals surface area contributed by atoms with Gasteiger partial charge in [-0.3, -0.25) is 14.4 Å². The van der Waals surface area contributed by atoms with Gasteiger partial charge in [-0.2, -0.15) is 0 Å². The molecule has 0 atom stereocenters. The molecule has 23 heavy (non-hydrogen) atoms. The van der Waals surface area contributed by atoms with E-state index in [9.17, 15) is 14.4 Å². The molecule has 0 saturated heterocycles. The summed E-state index contributed by atoms with van der Waals surface area (Å²) in [6.07, 6.45) is 0.168. The minimum absolute atomic E-state index is 0.0418. The number of benzene rings is 1. The molecule has 3 amide bonds. The van der Waals surface area contributed by atoms with Gasteiger partial charge in [0.25, 0.3) is 5.91 Å². The average molecular weight is 319 g/mol. The van der Waals surface area contributed by atoms with Crippen LogP contribution in [0.4, 0.5) is 0 Å². The molecule has 0 aromatic heterocycles. The number of carbonyl (C=O) groups excluding carboxylic acids is 3. The molecule has 0 bridgehead atoms. The molecule has 1 aromatic carbocycles. The van der Waals surface area contributed by atoms with E-state index >= 15 is 0 Å². The molecule has 0 aliphatic rings. The van der Waals surface area contributed by atoms with Crippen molar-refractivity contribution in [3.05, 3.63) is 35.9 Å². The largest absolute Gasteiger partial charge is 0.352 e. The Morgan fingerprint density at radius 1 is 1.13 bits per heavy atom. The predicted molar refractivity (Wildman–Crippen MR) is 88.9 cm³/mol. The third-order valence-electron chi connectivity index (χ3n) is 3.18. The van der Waals surface area contributed by atoms with Crippen molar-refractivity contribution in [1.82, 2.24) is 15.5 Å². The molecule has 0 fully saturated rings. The highest BCUT2D eigenvalue weighted by Crippen LogP contribution is 1.99. The molecule has 6 heteroatoms.